The molecule has 12 heteroatoms. The van der Waals surface area contributed by atoms with Crippen molar-refractivity contribution in [2.75, 3.05) is 28.2 Å². The number of amides is 1. The van der Waals surface area contributed by atoms with E-state index in [4.69, 9.17) is 0 Å². The van der Waals surface area contributed by atoms with E-state index in [1.54, 1.807) is 10.7 Å². The number of H-pyrrole nitrogens is 1. The van der Waals surface area contributed by atoms with E-state index in [-0.39, 0.29) is 11.8 Å². The monoisotopic (exact) mass is 508 g/mol. The third-order valence-corrected chi connectivity index (χ3v) is 7.39. The molecule has 0 spiro atoms. The van der Waals surface area contributed by atoms with Crippen molar-refractivity contribution in [1.82, 2.24) is 24.7 Å². The number of aryl methyl sites for hydroxylation is 3. The van der Waals surface area contributed by atoms with Crippen molar-refractivity contribution in [3.8, 4) is 11.1 Å². The highest BCUT2D eigenvalue weighted by Crippen LogP contribution is 2.37. The fourth-order valence-electron chi connectivity index (χ4n) is 4.11. The van der Waals surface area contributed by atoms with Crippen LogP contribution in [0.25, 0.3) is 22.3 Å². The highest BCUT2D eigenvalue weighted by Gasteiger charge is 2.30. The summed E-state index contributed by atoms with van der Waals surface area (Å²) in [4.78, 5) is 24.5. The van der Waals surface area contributed by atoms with Gasteiger partial charge in [-0.25, -0.2) is 18.4 Å². The van der Waals surface area contributed by atoms with Gasteiger partial charge in [0.1, 0.15) is 17.2 Å². The van der Waals surface area contributed by atoms with E-state index in [1.165, 1.54) is 11.4 Å². The highest BCUT2D eigenvalue weighted by molar-refractivity contribution is 7.92. The first-order valence-corrected chi connectivity index (χ1v) is 13.4. The molecule has 11 nitrogen and oxygen atoms in total. The molecule has 5 rings (SSSR count). The molecule has 3 aromatic heterocycles. The van der Waals surface area contributed by atoms with Crippen LogP contribution in [0.5, 0.6) is 0 Å². The number of hydrogen-bond donors (Lipinski definition) is 3. The molecule has 188 valence electrons. The van der Waals surface area contributed by atoms with Crippen molar-refractivity contribution in [3.63, 3.8) is 0 Å². The first-order chi connectivity index (χ1) is 17.0. The zero-order chi connectivity index (χ0) is 25.8. The van der Waals surface area contributed by atoms with Gasteiger partial charge in [-0.15, -0.1) is 0 Å². The van der Waals surface area contributed by atoms with E-state index in [9.17, 15) is 13.2 Å². The number of pyridine rings is 1. The van der Waals surface area contributed by atoms with Crippen LogP contribution < -0.4 is 14.9 Å². The van der Waals surface area contributed by atoms with Gasteiger partial charge in [0.2, 0.25) is 15.9 Å². The first-order valence-electron chi connectivity index (χ1n) is 11.5. The summed E-state index contributed by atoms with van der Waals surface area (Å²) in [5.41, 5.74) is 5.28. The Morgan fingerprint density at radius 3 is 2.56 bits per heavy atom. The smallest absolute Gasteiger partial charge is 0.232 e. The molecule has 1 fully saturated rings. The quantitative estimate of drug-likeness (QED) is 0.347. The van der Waals surface area contributed by atoms with Gasteiger partial charge in [0.25, 0.3) is 0 Å². The van der Waals surface area contributed by atoms with Crippen molar-refractivity contribution in [1.29, 1.82) is 0 Å². The van der Waals surface area contributed by atoms with Crippen LogP contribution in [-0.4, -0.2) is 52.4 Å². The predicted molar refractivity (Wildman–Crippen MR) is 140 cm³/mol. The van der Waals surface area contributed by atoms with Gasteiger partial charge in [0, 0.05) is 37.8 Å². The van der Waals surface area contributed by atoms with Gasteiger partial charge in [0.05, 0.1) is 29.0 Å². The number of nitrogens with zero attached hydrogens (tertiary/aromatic N) is 5. The standard InChI is InChI=1S/C24H28N8O3S/c1-13-17(12-31(3)30-13)16-8-9-18(20(10-16)32(4)36(5,34)35)27-19-11-21(29-24(33)15-6-7-15)28-23-22(19)25-14(2)26-23/h8-12,15H,6-7H2,1-5H3,(H3,25,26,27,28,29,33). The zero-order valence-corrected chi connectivity index (χ0v) is 21.6. The van der Waals surface area contributed by atoms with Crippen LogP contribution in [0.4, 0.5) is 22.9 Å². The fourth-order valence-corrected chi connectivity index (χ4v) is 4.62. The maximum Gasteiger partial charge on any atom is 0.232 e. The van der Waals surface area contributed by atoms with E-state index in [0.717, 1.165) is 35.9 Å². The number of imidazole rings is 1. The number of aromatic nitrogens is 5. The summed E-state index contributed by atoms with van der Waals surface area (Å²) >= 11 is 0. The van der Waals surface area contributed by atoms with E-state index in [0.29, 0.717) is 39.9 Å². The summed E-state index contributed by atoms with van der Waals surface area (Å²) in [5.74, 6) is 1.03. The average molecular weight is 509 g/mol. The molecular weight excluding hydrogens is 480 g/mol. The number of rotatable bonds is 7. The van der Waals surface area contributed by atoms with E-state index in [2.05, 4.69) is 30.7 Å². The maximum absolute atomic E-state index is 12.5. The molecule has 1 aliphatic rings. The van der Waals surface area contributed by atoms with Gasteiger partial charge < -0.3 is 15.6 Å². The number of anilines is 4. The molecule has 0 bridgehead atoms. The maximum atomic E-state index is 12.5. The second-order valence-electron chi connectivity index (χ2n) is 9.23. The van der Waals surface area contributed by atoms with E-state index < -0.39 is 10.0 Å². The van der Waals surface area contributed by atoms with Crippen LogP contribution in [0, 0.1) is 19.8 Å². The number of hydrogen-bond acceptors (Lipinski definition) is 7. The Kier molecular flexibility index (Phi) is 5.70. The van der Waals surface area contributed by atoms with Crippen LogP contribution in [0.3, 0.4) is 0 Å². The lowest BCUT2D eigenvalue weighted by Crippen LogP contribution is -2.25. The minimum absolute atomic E-state index is 0.0286. The summed E-state index contributed by atoms with van der Waals surface area (Å²) in [6, 6.07) is 7.27. The molecule has 0 saturated heterocycles. The Morgan fingerprint density at radius 2 is 1.92 bits per heavy atom. The van der Waals surface area contributed by atoms with Gasteiger partial charge in [-0.3, -0.25) is 13.8 Å². The second-order valence-corrected chi connectivity index (χ2v) is 11.2. The number of carbonyl (C=O) groups is 1. The Labute approximate surface area is 209 Å². The summed E-state index contributed by atoms with van der Waals surface area (Å²) in [6.45, 7) is 3.73. The van der Waals surface area contributed by atoms with Gasteiger partial charge in [-0.1, -0.05) is 6.07 Å². The van der Waals surface area contributed by atoms with Crippen molar-refractivity contribution in [2.45, 2.75) is 26.7 Å². The van der Waals surface area contributed by atoms with Gasteiger partial charge in [0.15, 0.2) is 5.65 Å². The topological polar surface area (TPSA) is 138 Å². The lowest BCUT2D eigenvalue weighted by molar-refractivity contribution is -0.117. The van der Waals surface area contributed by atoms with Gasteiger partial charge in [-0.2, -0.15) is 5.10 Å². The highest BCUT2D eigenvalue weighted by atomic mass is 32.2. The molecule has 0 radical (unpaired) electrons. The third kappa shape index (κ3) is 4.63. The third-order valence-electron chi connectivity index (χ3n) is 6.20. The summed E-state index contributed by atoms with van der Waals surface area (Å²) in [5, 5.41) is 10.6. The largest absolute Gasteiger partial charge is 0.352 e. The number of aromatic amines is 1. The van der Waals surface area contributed by atoms with Crippen LogP contribution >= 0.6 is 0 Å². The zero-order valence-electron chi connectivity index (χ0n) is 20.7. The van der Waals surface area contributed by atoms with Crippen molar-refractivity contribution in [2.24, 2.45) is 13.0 Å². The molecule has 4 aromatic rings. The molecule has 36 heavy (non-hydrogen) atoms. The summed E-state index contributed by atoms with van der Waals surface area (Å²) < 4.78 is 28.0. The molecule has 1 amide bonds. The van der Waals surface area contributed by atoms with Crippen LogP contribution in [-0.2, 0) is 21.9 Å². The van der Waals surface area contributed by atoms with Crippen molar-refractivity contribution >= 4 is 50.0 Å². The SMILES string of the molecule is Cc1nc2c(Nc3ccc(-c4cn(C)nc4C)cc3N(C)S(C)(=O)=O)cc(NC(=O)C3CC3)nc2[nH]1. The molecular formula is C24H28N8O3S. The van der Waals surface area contributed by atoms with Crippen molar-refractivity contribution < 1.29 is 13.2 Å². The van der Waals surface area contributed by atoms with Gasteiger partial charge in [-0.05, 0) is 44.4 Å². The Hall–Kier alpha value is -3.93. The van der Waals surface area contributed by atoms with Crippen LogP contribution in [0.15, 0.2) is 30.5 Å². The fraction of sp³-hybridized carbons (Fsp3) is 0.333. The minimum atomic E-state index is -3.56. The lowest BCUT2D eigenvalue weighted by Gasteiger charge is -2.22. The molecule has 1 saturated carbocycles. The first kappa shape index (κ1) is 23.8. The number of sulfonamides is 1. The second kappa shape index (κ2) is 8.63. The molecule has 0 aliphatic heterocycles. The number of fused-ring (bicyclic) bond motifs is 1. The van der Waals surface area contributed by atoms with Crippen LogP contribution in [0.1, 0.15) is 24.4 Å². The molecule has 1 aromatic carbocycles. The Bertz CT molecular complexity index is 1600. The average Bonchev–Trinajstić information content (AvgIpc) is 3.50. The van der Waals surface area contributed by atoms with Crippen molar-refractivity contribution in [3.05, 3.63) is 42.0 Å². The number of benzene rings is 1. The molecule has 0 unspecified atom stereocenters. The molecule has 1 aliphatic carbocycles. The van der Waals surface area contributed by atoms with E-state index in [1.807, 2.05) is 45.3 Å². The summed E-state index contributed by atoms with van der Waals surface area (Å²) in [6.07, 6.45) is 4.82. The van der Waals surface area contributed by atoms with Gasteiger partial charge >= 0.3 is 0 Å². The lowest BCUT2D eigenvalue weighted by atomic mass is 10.1. The predicted octanol–water partition coefficient (Wildman–Crippen LogP) is 3.46. The normalized spacial score (nSPS) is 13.7. The number of carbonyl (C=O) groups excluding carboxylic acids is 1. The minimum Gasteiger partial charge on any atom is -0.352 e. The molecule has 0 atom stereocenters. The number of nitrogens with one attached hydrogen (secondary N) is 3. The van der Waals surface area contributed by atoms with E-state index >= 15 is 0 Å². The Morgan fingerprint density at radius 1 is 1.17 bits per heavy atom. The Balaban J connectivity index is 1.60. The van der Waals surface area contributed by atoms with Crippen LogP contribution in [0.2, 0.25) is 0 Å². The summed E-state index contributed by atoms with van der Waals surface area (Å²) in [7, 11) is -0.203. The molecule has 3 heterocycles. The molecule has 3 N–H and O–H groups in total.